The lowest BCUT2D eigenvalue weighted by Crippen LogP contribution is -2.55. The summed E-state index contributed by atoms with van der Waals surface area (Å²) in [6.45, 7) is 0.738. The van der Waals surface area contributed by atoms with Crippen molar-refractivity contribution in [2.75, 3.05) is 33.4 Å². The van der Waals surface area contributed by atoms with Gasteiger partial charge < -0.3 is 14.7 Å². The number of likely N-dealkylation sites (N-methyl/N-ethyl adjacent to an activating group) is 1. The van der Waals surface area contributed by atoms with E-state index in [1.165, 1.54) is 9.80 Å². The van der Waals surface area contributed by atoms with E-state index in [-0.39, 0.29) is 18.3 Å². The zero-order valence-electron chi connectivity index (χ0n) is 12.4. The Hall–Kier alpha value is -1.73. The lowest BCUT2D eigenvalue weighted by Gasteiger charge is -2.36. The van der Waals surface area contributed by atoms with Gasteiger partial charge in [-0.2, -0.15) is 0 Å². The van der Waals surface area contributed by atoms with E-state index in [9.17, 15) is 18.7 Å². The molecule has 22 heavy (non-hydrogen) atoms. The van der Waals surface area contributed by atoms with Crippen molar-refractivity contribution in [2.45, 2.75) is 19.0 Å². The zero-order valence-corrected chi connectivity index (χ0v) is 12.4. The van der Waals surface area contributed by atoms with Gasteiger partial charge in [-0.1, -0.05) is 12.1 Å². The Labute approximate surface area is 128 Å². The molecule has 1 N–H and O–H groups in total. The van der Waals surface area contributed by atoms with Crippen molar-refractivity contribution in [3.8, 4) is 5.75 Å². The average molecular weight is 314 g/mol. The van der Waals surface area contributed by atoms with Crippen LogP contribution in [0.4, 0.5) is 8.78 Å². The van der Waals surface area contributed by atoms with Gasteiger partial charge in [-0.25, -0.2) is 8.78 Å². The second kappa shape index (κ2) is 7.51. The van der Waals surface area contributed by atoms with Gasteiger partial charge in [-0.15, -0.1) is 0 Å². The van der Waals surface area contributed by atoms with Crippen LogP contribution in [0.2, 0.25) is 0 Å². The number of morpholine rings is 1. The molecule has 1 fully saturated rings. The molecule has 0 bridgehead atoms. The van der Waals surface area contributed by atoms with Crippen LogP contribution in [0, 0.1) is 0 Å². The number of benzene rings is 1. The molecule has 2 rings (SSSR count). The van der Waals surface area contributed by atoms with Crippen molar-refractivity contribution in [1.29, 1.82) is 0 Å². The molecule has 0 radical (unpaired) electrons. The summed E-state index contributed by atoms with van der Waals surface area (Å²) in [6, 6.07) is 5.84. The summed E-state index contributed by atoms with van der Waals surface area (Å²) in [6.07, 6.45) is -2.48. The molecule has 1 atom stereocenters. The highest BCUT2D eigenvalue weighted by molar-refractivity contribution is 5.82. The maximum absolute atomic E-state index is 12.6. The molecule has 0 aliphatic carbocycles. The van der Waals surface area contributed by atoms with Crippen LogP contribution in [-0.4, -0.2) is 66.6 Å². The van der Waals surface area contributed by atoms with Gasteiger partial charge in [0, 0.05) is 20.1 Å². The number of amides is 1. The predicted molar refractivity (Wildman–Crippen MR) is 76.8 cm³/mol. The topological polar surface area (TPSA) is 53.0 Å². The summed E-state index contributed by atoms with van der Waals surface area (Å²) in [5, 5.41) is 9.25. The molecule has 1 aliphatic rings. The molecule has 0 spiro atoms. The summed E-state index contributed by atoms with van der Waals surface area (Å²) in [5.74, 6) is -0.0880. The fraction of sp³-hybridized carbons (Fsp3) is 0.533. The maximum Gasteiger partial charge on any atom is 0.251 e. The Kier molecular flexibility index (Phi) is 5.68. The third-order valence-corrected chi connectivity index (χ3v) is 3.63. The summed E-state index contributed by atoms with van der Waals surface area (Å²) in [4.78, 5) is 15.4. The molecule has 0 saturated carbocycles. The number of carbonyl (C=O) groups is 1. The fourth-order valence-electron chi connectivity index (χ4n) is 2.47. The van der Waals surface area contributed by atoms with Gasteiger partial charge in [0.05, 0.1) is 19.8 Å². The smallest absolute Gasteiger partial charge is 0.251 e. The first kappa shape index (κ1) is 16.6. The van der Waals surface area contributed by atoms with Crippen molar-refractivity contribution in [3.05, 3.63) is 29.8 Å². The SMILES string of the molecule is CN(Cc1ccc(O)cc1)C(=O)C1COCCN1CC(F)F. The molecule has 5 nitrogen and oxygen atoms in total. The van der Waals surface area contributed by atoms with Gasteiger partial charge in [-0.3, -0.25) is 9.69 Å². The monoisotopic (exact) mass is 314 g/mol. The highest BCUT2D eigenvalue weighted by atomic mass is 19.3. The van der Waals surface area contributed by atoms with E-state index in [4.69, 9.17) is 4.74 Å². The molecule has 0 aromatic heterocycles. The van der Waals surface area contributed by atoms with E-state index < -0.39 is 19.0 Å². The van der Waals surface area contributed by atoms with Gasteiger partial charge >= 0.3 is 0 Å². The second-order valence-electron chi connectivity index (χ2n) is 5.34. The highest BCUT2D eigenvalue weighted by Crippen LogP contribution is 2.15. The minimum Gasteiger partial charge on any atom is -0.508 e. The van der Waals surface area contributed by atoms with E-state index in [1.54, 1.807) is 31.3 Å². The van der Waals surface area contributed by atoms with Gasteiger partial charge in [0.2, 0.25) is 5.91 Å². The van der Waals surface area contributed by atoms with Crippen LogP contribution in [0.25, 0.3) is 0 Å². The van der Waals surface area contributed by atoms with Crippen molar-refractivity contribution >= 4 is 5.91 Å². The summed E-state index contributed by atoms with van der Waals surface area (Å²) >= 11 is 0. The zero-order chi connectivity index (χ0) is 16.1. The minimum absolute atomic E-state index is 0.130. The normalized spacial score (nSPS) is 19.4. The number of alkyl halides is 2. The lowest BCUT2D eigenvalue weighted by molar-refractivity contribution is -0.143. The Balaban J connectivity index is 1.99. The number of hydrogen-bond acceptors (Lipinski definition) is 4. The van der Waals surface area contributed by atoms with E-state index in [2.05, 4.69) is 0 Å². The maximum atomic E-state index is 12.6. The molecule has 1 heterocycles. The molecule has 122 valence electrons. The van der Waals surface area contributed by atoms with Crippen molar-refractivity contribution in [1.82, 2.24) is 9.80 Å². The Morgan fingerprint density at radius 1 is 1.45 bits per heavy atom. The first-order chi connectivity index (χ1) is 10.5. The van der Waals surface area contributed by atoms with E-state index >= 15 is 0 Å². The summed E-state index contributed by atoms with van der Waals surface area (Å²) < 4.78 is 30.5. The Bertz CT molecular complexity index is 496. The minimum atomic E-state index is -2.48. The largest absolute Gasteiger partial charge is 0.508 e. The molecule has 7 heteroatoms. The Morgan fingerprint density at radius 2 is 2.14 bits per heavy atom. The third kappa shape index (κ3) is 4.38. The number of phenolic OH excluding ortho intramolecular Hbond substituents is 1. The predicted octanol–water partition coefficient (Wildman–Crippen LogP) is 1.32. The van der Waals surface area contributed by atoms with Gasteiger partial charge in [0.15, 0.2) is 0 Å². The number of aromatic hydroxyl groups is 1. The van der Waals surface area contributed by atoms with E-state index in [1.807, 2.05) is 0 Å². The van der Waals surface area contributed by atoms with Crippen LogP contribution in [-0.2, 0) is 16.1 Å². The summed E-state index contributed by atoms with van der Waals surface area (Å²) in [5.41, 5.74) is 0.853. The van der Waals surface area contributed by atoms with E-state index in [0.717, 1.165) is 5.56 Å². The number of hydrogen-bond donors (Lipinski definition) is 1. The molecular formula is C15H20F2N2O3. The molecule has 1 amide bonds. The van der Waals surface area contributed by atoms with Crippen LogP contribution < -0.4 is 0 Å². The highest BCUT2D eigenvalue weighted by Gasteiger charge is 2.32. The summed E-state index contributed by atoms with van der Waals surface area (Å²) in [7, 11) is 1.63. The third-order valence-electron chi connectivity index (χ3n) is 3.63. The van der Waals surface area contributed by atoms with Crippen LogP contribution in [0.1, 0.15) is 5.56 Å². The van der Waals surface area contributed by atoms with Gasteiger partial charge in [0.25, 0.3) is 6.43 Å². The number of rotatable bonds is 5. The quantitative estimate of drug-likeness (QED) is 0.890. The fourth-order valence-corrected chi connectivity index (χ4v) is 2.47. The van der Waals surface area contributed by atoms with Crippen LogP contribution in [0.15, 0.2) is 24.3 Å². The average Bonchev–Trinajstić information content (AvgIpc) is 2.49. The number of ether oxygens (including phenoxy) is 1. The molecule has 1 unspecified atom stereocenters. The van der Waals surface area contributed by atoms with Crippen molar-refractivity contribution < 1.29 is 23.4 Å². The standard InChI is InChI=1S/C15H20F2N2O3/c1-18(8-11-2-4-12(20)5-3-11)15(21)13-10-22-7-6-19(13)9-14(16)17/h2-5,13-14,20H,6-10H2,1H3. The first-order valence-corrected chi connectivity index (χ1v) is 7.10. The van der Waals surface area contributed by atoms with E-state index in [0.29, 0.717) is 19.7 Å². The molecule has 1 aliphatic heterocycles. The van der Waals surface area contributed by atoms with Gasteiger partial charge in [-0.05, 0) is 17.7 Å². The molecular weight excluding hydrogens is 294 g/mol. The van der Waals surface area contributed by atoms with Crippen LogP contribution in [0.5, 0.6) is 5.75 Å². The molecule has 1 aromatic rings. The van der Waals surface area contributed by atoms with Gasteiger partial charge in [0.1, 0.15) is 11.8 Å². The molecule has 1 saturated heterocycles. The van der Waals surface area contributed by atoms with Crippen molar-refractivity contribution in [3.63, 3.8) is 0 Å². The molecule has 1 aromatic carbocycles. The van der Waals surface area contributed by atoms with Crippen LogP contribution >= 0.6 is 0 Å². The van der Waals surface area contributed by atoms with Crippen LogP contribution in [0.3, 0.4) is 0 Å². The second-order valence-corrected chi connectivity index (χ2v) is 5.34. The van der Waals surface area contributed by atoms with Crippen molar-refractivity contribution in [2.24, 2.45) is 0 Å². The number of nitrogens with zero attached hydrogens (tertiary/aromatic N) is 2. The number of carbonyl (C=O) groups excluding carboxylic acids is 1. The number of halogens is 2. The first-order valence-electron chi connectivity index (χ1n) is 7.10. The lowest BCUT2D eigenvalue weighted by atomic mass is 10.1. The number of phenols is 1. The Morgan fingerprint density at radius 3 is 2.77 bits per heavy atom.